The lowest BCUT2D eigenvalue weighted by molar-refractivity contribution is 0.104. The molecule has 0 bridgehead atoms. The summed E-state index contributed by atoms with van der Waals surface area (Å²) in [6.45, 7) is 0. The number of para-hydroxylation sites is 2. The third kappa shape index (κ3) is 2.83. The second-order valence-electron chi connectivity index (χ2n) is 12.9. The van der Waals surface area contributed by atoms with Crippen molar-refractivity contribution in [1.82, 2.24) is 18.9 Å². The van der Waals surface area contributed by atoms with Crippen molar-refractivity contribution >= 4 is 87.4 Å². The summed E-state index contributed by atoms with van der Waals surface area (Å²) < 4.78 is 4.70. The quantitative estimate of drug-likeness (QED) is 0.186. The summed E-state index contributed by atoms with van der Waals surface area (Å²) in [4.78, 5) is 24.2. The molecule has 5 nitrogen and oxygen atoms in total. The zero-order valence-electron chi connectivity index (χ0n) is 25.4. The molecule has 0 saturated carbocycles. The molecule has 0 atom stereocenters. The van der Waals surface area contributed by atoms with Gasteiger partial charge in [0.25, 0.3) is 0 Å². The first-order chi connectivity index (χ1) is 23.7. The molecule has 0 amide bonds. The van der Waals surface area contributed by atoms with Crippen molar-refractivity contribution in [3.8, 4) is 17.2 Å². The van der Waals surface area contributed by atoms with Gasteiger partial charge in [-0.1, -0.05) is 97.1 Å². The van der Waals surface area contributed by atoms with Crippen LogP contribution in [0.2, 0.25) is 0 Å². The third-order valence-electron chi connectivity index (χ3n) is 10.5. The minimum absolute atomic E-state index is 0.0177. The highest BCUT2D eigenvalue weighted by molar-refractivity contribution is 6.35. The fourth-order valence-corrected chi connectivity index (χ4v) is 8.59. The molecule has 4 heterocycles. The van der Waals surface area contributed by atoms with Crippen LogP contribution in [0.5, 0.6) is 0 Å². The largest absolute Gasteiger partial charge is 0.308 e. The number of hydrogen-bond donors (Lipinski definition) is 0. The molecule has 1 aliphatic rings. The Bertz CT molecular complexity index is 3250. The first kappa shape index (κ1) is 24.6. The van der Waals surface area contributed by atoms with E-state index in [0.29, 0.717) is 17.1 Å². The van der Waals surface area contributed by atoms with Crippen molar-refractivity contribution in [2.45, 2.75) is 0 Å². The minimum Gasteiger partial charge on any atom is -0.308 e. The Morgan fingerprint density at radius 3 is 1.98 bits per heavy atom. The molecule has 1 aliphatic carbocycles. The van der Waals surface area contributed by atoms with Gasteiger partial charge in [0.15, 0.2) is 5.78 Å². The molecule has 12 rings (SSSR count). The van der Waals surface area contributed by atoms with Gasteiger partial charge >= 0.3 is 0 Å². The number of nitrogens with zero attached hydrogens (tertiary/aromatic N) is 4. The Kier molecular flexibility index (Phi) is 4.31. The van der Waals surface area contributed by atoms with Crippen molar-refractivity contribution < 1.29 is 4.79 Å². The van der Waals surface area contributed by atoms with E-state index in [1.807, 2.05) is 42.5 Å². The van der Waals surface area contributed by atoms with Gasteiger partial charge in [0.2, 0.25) is 5.95 Å². The van der Waals surface area contributed by atoms with Crippen LogP contribution in [0.1, 0.15) is 15.9 Å². The molecule has 0 spiro atoms. The summed E-state index contributed by atoms with van der Waals surface area (Å²) in [5.41, 5.74) is 9.46. The van der Waals surface area contributed by atoms with Crippen LogP contribution >= 0.6 is 0 Å². The van der Waals surface area contributed by atoms with E-state index >= 15 is 0 Å². The second kappa shape index (κ2) is 8.41. The molecule has 0 unspecified atom stereocenters. The summed E-state index contributed by atoms with van der Waals surface area (Å²) >= 11 is 0. The summed E-state index contributed by atoms with van der Waals surface area (Å²) in [6, 6.07) is 46.6. The lowest BCUT2D eigenvalue weighted by atomic mass is 9.87. The summed E-state index contributed by atoms with van der Waals surface area (Å²) in [7, 11) is 0. The monoisotopic (exact) mass is 610 g/mol. The normalized spacial score (nSPS) is 13.0. The molecule has 220 valence electrons. The van der Waals surface area contributed by atoms with E-state index in [1.54, 1.807) is 0 Å². The van der Waals surface area contributed by atoms with Crippen LogP contribution < -0.4 is 0 Å². The third-order valence-corrected chi connectivity index (χ3v) is 10.5. The molecule has 0 radical (unpaired) electrons. The van der Waals surface area contributed by atoms with Gasteiger partial charge in [-0.3, -0.25) is 9.36 Å². The molecule has 11 aromatic rings. The molecule has 5 heteroatoms. The van der Waals surface area contributed by atoms with Crippen LogP contribution in [-0.4, -0.2) is 24.7 Å². The number of carbonyl (C=O) groups is 1. The van der Waals surface area contributed by atoms with Crippen LogP contribution in [0.4, 0.5) is 0 Å². The van der Waals surface area contributed by atoms with E-state index < -0.39 is 0 Å². The average Bonchev–Trinajstić information content (AvgIpc) is 3.77. The predicted octanol–water partition coefficient (Wildman–Crippen LogP) is 10.2. The SMILES string of the molecule is O=C1c2ccccc2-c2nc(-n3c4ccccc4c4cc5c6ccccc6n6c7cc8ccccc8cc7c(c43)c56)nc3cccc1c23. The van der Waals surface area contributed by atoms with Crippen molar-refractivity contribution in [3.63, 3.8) is 0 Å². The van der Waals surface area contributed by atoms with Gasteiger partial charge in [0.1, 0.15) is 0 Å². The lowest BCUT2D eigenvalue weighted by Crippen LogP contribution is -2.13. The summed E-state index contributed by atoms with van der Waals surface area (Å²) in [5.74, 6) is 0.613. The first-order valence-corrected chi connectivity index (χ1v) is 16.2. The number of fused-ring (bicyclic) bond motifs is 13. The van der Waals surface area contributed by atoms with Gasteiger partial charge in [-0.25, -0.2) is 9.97 Å². The van der Waals surface area contributed by atoms with E-state index in [-0.39, 0.29) is 5.78 Å². The van der Waals surface area contributed by atoms with E-state index in [2.05, 4.69) is 100.0 Å². The van der Waals surface area contributed by atoms with E-state index in [9.17, 15) is 4.79 Å². The molecule has 0 N–H and O–H groups in total. The Balaban J connectivity index is 1.34. The van der Waals surface area contributed by atoms with Gasteiger partial charge in [0.05, 0.1) is 38.8 Å². The number of aromatic nitrogens is 4. The van der Waals surface area contributed by atoms with Crippen LogP contribution in [0.25, 0.3) is 98.8 Å². The molecule has 0 saturated heterocycles. The number of benzene rings is 7. The number of ketones is 1. The zero-order chi connectivity index (χ0) is 31.2. The molecule has 7 aromatic carbocycles. The topological polar surface area (TPSA) is 52.2 Å². The van der Waals surface area contributed by atoms with Gasteiger partial charge in [-0.05, 0) is 47.2 Å². The second-order valence-corrected chi connectivity index (χ2v) is 12.9. The minimum atomic E-state index is 0.0177. The van der Waals surface area contributed by atoms with Gasteiger partial charge < -0.3 is 4.40 Å². The Hall–Kier alpha value is -6.59. The Morgan fingerprint density at radius 2 is 1.12 bits per heavy atom. The van der Waals surface area contributed by atoms with E-state index in [1.165, 1.54) is 54.3 Å². The van der Waals surface area contributed by atoms with Gasteiger partial charge in [-0.15, -0.1) is 0 Å². The molecule has 4 aromatic heterocycles. The molecular weight excluding hydrogens is 589 g/mol. The highest BCUT2D eigenvalue weighted by atomic mass is 16.1. The van der Waals surface area contributed by atoms with E-state index in [0.717, 1.165) is 38.6 Å². The van der Waals surface area contributed by atoms with Gasteiger partial charge in [-0.2, -0.15) is 0 Å². The van der Waals surface area contributed by atoms with Gasteiger partial charge in [0, 0.05) is 54.4 Å². The molecular formula is C43H22N4O. The van der Waals surface area contributed by atoms with Crippen LogP contribution in [0, 0.1) is 0 Å². The van der Waals surface area contributed by atoms with E-state index in [4.69, 9.17) is 9.97 Å². The van der Waals surface area contributed by atoms with Crippen molar-refractivity contribution in [3.05, 3.63) is 145 Å². The van der Waals surface area contributed by atoms with Crippen molar-refractivity contribution in [2.75, 3.05) is 0 Å². The Morgan fingerprint density at radius 1 is 0.458 bits per heavy atom. The molecule has 0 fully saturated rings. The first-order valence-electron chi connectivity index (χ1n) is 16.2. The van der Waals surface area contributed by atoms with Crippen LogP contribution in [0.3, 0.4) is 0 Å². The van der Waals surface area contributed by atoms with Crippen molar-refractivity contribution in [1.29, 1.82) is 0 Å². The maximum absolute atomic E-state index is 13.6. The van der Waals surface area contributed by atoms with Crippen LogP contribution in [-0.2, 0) is 0 Å². The zero-order valence-corrected chi connectivity index (χ0v) is 25.4. The van der Waals surface area contributed by atoms with Crippen LogP contribution in [0.15, 0.2) is 133 Å². The Labute approximate surface area is 272 Å². The average molecular weight is 611 g/mol. The molecule has 48 heavy (non-hydrogen) atoms. The number of rotatable bonds is 1. The maximum Gasteiger partial charge on any atom is 0.235 e. The smallest absolute Gasteiger partial charge is 0.235 e. The fourth-order valence-electron chi connectivity index (χ4n) is 8.59. The number of hydrogen-bond acceptors (Lipinski definition) is 3. The standard InChI is InChI=1S/C43H22N4O/c48-42-28-15-4-3-14-27(28)39-37-29(42)16-9-17-33(37)44-43(45-39)47-35-19-8-6-13-26(35)31-22-30-25-12-5-7-18-34(25)46-36-21-24-11-2-1-10-23(24)20-32(36)38(40(30)46)41(31)47/h1-22H. The highest BCUT2D eigenvalue weighted by Gasteiger charge is 2.29. The maximum atomic E-state index is 13.6. The molecule has 0 aliphatic heterocycles. The highest BCUT2D eigenvalue weighted by Crippen LogP contribution is 2.47. The summed E-state index contributed by atoms with van der Waals surface area (Å²) in [5, 5.41) is 10.4. The number of carbonyl (C=O) groups excluding carboxylic acids is 1. The lowest BCUT2D eigenvalue weighted by Gasteiger charge is -2.19. The van der Waals surface area contributed by atoms with Crippen molar-refractivity contribution in [2.24, 2.45) is 0 Å². The fraction of sp³-hybridized carbons (Fsp3) is 0. The predicted molar refractivity (Wildman–Crippen MR) is 195 cm³/mol. The summed E-state index contributed by atoms with van der Waals surface area (Å²) in [6.07, 6.45) is 0.